The van der Waals surface area contributed by atoms with Crippen LogP contribution in [-0.2, 0) is 13.0 Å². The van der Waals surface area contributed by atoms with Gasteiger partial charge in [0, 0.05) is 15.4 Å². The fraction of sp³-hybridized carbons (Fsp3) is 0.500. The molecule has 0 saturated heterocycles. The quantitative estimate of drug-likeness (QED) is 0.854. The van der Waals surface area contributed by atoms with Gasteiger partial charge in [0.15, 0.2) is 0 Å². The van der Waals surface area contributed by atoms with Gasteiger partial charge in [0.25, 0.3) is 0 Å². The zero-order valence-electron chi connectivity index (χ0n) is 12.1. The Labute approximate surface area is 123 Å². The van der Waals surface area contributed by atoms with E-state index in [4.69, 9.17) is 4.42 Å². The van der Waals surface area contributed by atoms with Crippen LogP contribution in [0.25, 0.3) is 11.0 Å². The lowest BCUT2D eigenvalue weighted by Gasteiger charge is -2.07. The number of nitrogens with one attached hydrogen (secondary N) is 1. The lowest BCUT2D eigenvalue weighted by Crippen LogP contribution is -2.12. The molecule has 0 saturated carbocycles. The second-order valence-electron chi connectivity index (χ2n) is 5.45. The third-order valence-corrected chi connectivity index (χ3v) is 3.98. The van der Waals surface area contributed by atoms with E-state index in [9.17, 15) is 0 Å². The first kappa shape index (κ1) is 14.6. The van der Waals surface area contributed by atoms with Gasteiger partial charge in [-0.3, -0.25) is 0 Å². The molecule has 104 valence electrons. The Hall–Kier alpha value is -0.800. The van der Waals surface area contributed by atoms with Gasteiger partial charge in [-0.2, -0.15) is 0 Å². The van der Waals surface area contributed by atoms with Crippen molar-refractivity contribution >= 4 is 26.9 Å². The van der Waals surface area contributed by atoms with Gasteiger partial charge in [0.2, 0.25) is 0 Å². The van der Waals surface area contributed by atoms with E-state index in [2.05, 4.69) is 61.1 Å². The van der Waals surface area contributed by atoms with Crippen LogP contribution >= 0.6 is 15.9 Å². The van der Waals surface area contributed by atoms with Crippen molar-refractivity contribution in [3.05, 3.63) is 33.5 Å². The Bertz CT molecular complexity index is 572. The molecule has 19 heavy (non-hydrogen) atoms. The fourth-order valence-electron chi connectivity index (χ4n) is 2.41. The van der Waals surface area contributed by atoms with E-state index >= 15 is 0 Å². The van der Waals surface area contributed by atoms with Crippen molar-refractivity contribution in [2.75, 3.05) is 6.54 Å². The molecule has 0 bridgehead atoms. The van der Waals surface area contributed by atoms with Crippen LogP contribution in [0.2, 0.25) is 0 Å². The Morgan fingerprint density at radius 1 is 1.32 bits per heavy atom. The molecule has 1 aromatic heterocycles. The van der Waals surface area contributed by atoms with Crippen LogP contribution < -0.4 is 5.32 Å². The molecular weight excluding hydrogens is 302 g/mol. The molecule has 1 N–H and O–H groups in total. The molecule has 0 fully saturated rings. The van der Waals surface area contributed by atoms with Crippen molar-refractivity contribution in [3.8, 4) is 0 Å². The molecule has 1 heterocycles. The van der Waals surface area contributed by atoms with Crippen molar-refractivity contribution in [1.82, 2.24) is 5.32 Å². The minimum Gasteiger partial charge on any atom is -0.459 e. The number of fused-ring (bicyclic) bond motifs is 1. The van der Waals surface area contributed by atoms with Gasteiger partial charge in [-0.15, -0.1) is 0 Å². The van der Waals surface area contributed by atoms with E-state index in [0.29, 0.717) is 5.92 Å². The normalized spacial score (nSPS) is 11.7. The number of hydrogen-bond acceptors (Lipinski definition) is 2. The molecule has 1 aromatic carbocycles. The van der Waals surface area contributed by atoms with E-state index in [0.717, 1.165) is 35.3 Å². The van der Waals surface area contributed by atoms with Crippen molar-refractivity contribution in [3.63, 3.8) is 0 Å². The number of furan rings is 1. The average molecular weight is 324 g/mol. The summed E-state index contributed by atoms with van der Waals surface area (Å²) in [6, 6.07) is 4.22. The van der Waals surface area contributed by atoms with Gasteiger partial charge in [-0.1, -0.05) is 42.8 Å². The summed E-state index contributed by atoms with van der Waals surface area (Å²) < 4.78 is 7.26. The van der Waals surface area contributed by atoms with E-state index in [-0.39, 0.29) is 0 Å². The maximum atomic E-state index is 6.12. The van der Waals surface area contributed by atoms with Crippen LogP contribution in [0.1, 0.15) is 37.7 Å². The van der Waals surface area contributed by atoms with Crippen LogP contribution in [0.3, 0.4) is 0 Å². The lowest BCUT2D eigenvalue weighted by molar-refractivity contribution is 0.505. The number of aryl methyl sites for hydroxylation is 1. The first-order valence-corrected chi connectivity index (χ1v) is 7.74. The molecule has 0 unspecified atom stereocenters. The third kappa shape index (κ3) is 3.03. The molecule has 0 amide bonds. The third-order valence-electron chi connectivity index (χ3n) is 3.32. The van der Waals surface area contributed by atoms with E-state index < -0.39 is 0 Å². The van der Waals surface area contributed by atoms with Crippen LogP contribution in [0.15, 0.2) is 21.0 Å². The van der Waals surface area contributed by atoms with Crippen LogP contribution in [0.5, 0.6) is 0 Å². The van der Waals surface area contributed by atoms with Crippen molar-refractivity contribution < 1.29 is 4.42 Å². The highest BCUT2D eigenvalue weighted by atomic mass is 79.9. The summed E-state index contributed by atoms with van der Waals surface area (Å²) in [5.74, 6) is 1.70. The molecular formula is C16H22BrNO. The zero-order chi connectivity index (χ0) is 14.0. The Kier molecular flexibility index (Phi) is 4.69. The van der Waals surface area contributed by atoms with Crippen LogP contribution in [0, 0.1) is 12.8 Å². The monoisotopic (exact) mass is 323 g/mol. The summed E-state index contributed by atoms with van der Waals surface area (Å²) in [6.45, 7) is 10.5. The fourth-order valence-corrected chi connectivity index (χ4v) is 2.96. The van der Waals surface area contributed by atoms with E-state index in [1.165, 1.54) is 16.5 Å². The second-order valence-corrected chi connectivity index (χ2v) is 6.30. The standard InChI is InChI=1S/C16H22BrNO/c1-5-18-9-14-12(8-10(2)3)15-13(17)7-6-11(4)16(15)19-14/h6-7,10,18H,5,8-9H2,1-4H3. The maximum absolute atomic E-state index is 6.12. The minimum atomic E-state index is 0.619. The SMILES string of the molecule is CCNCc1oc2c(C)ccc(Br)c2c1CC(C)C. The van der Waals surface area contributed by atoms with Gasteiger partial charge in [-0.25, -0.2) is 0 Å². The summed E-state index contributed by atoms with van der Waals surface area (Å²) in [7, 11) is 0. The molecule has 2 rings (SSSR count). The van der Waals surface area contributed by atoms with Gasteiger partial charge < -0.3 is 9.73 Å². The number of halogens is 1. The molecule has 0 aliphatic heterocycles. The smallest absolute Gasteiger partial charge is 0.138 e. The molecule has 3 heteroatoms. The maximum Gasteiger partial charge on any atom is 0.138 e. The molecule has 0 spiro atoms. The summed E-state index contributed by atoms with van der Waals surface area (Å²) in [5, 5.41) is 4.62. The predicted octanol–water partition coefficient (Wildman–Crippen LogP) is 4.81. The Morgan fingerprint density at radius 3 is 2.68 bits per heavy atom. The highest BCUT2D eigenvalue weighted by Gasteiger charge is 2.18. The summed E-state index contributed by atoms with van der Waals surface area (Å²) in [5.41, 5.74) is 3.57. The molecule has 2 aromatic rings. The van der Waals surface area contributed by atoms with Gasteiger partial charge in [-0.05, 0) is 37.4 Å². The Morgan fingerprint density at radius 2 is 2.05 bits per heavy atom. The van der Waals surface area contributed by atoms with Crippen LogP contribution in [-0.4, -0.2) is 6.54 Å². The molecule has 0 atom stereocenters. The molecule has 2 nitrogen and oxygen atoms in total. The van der Waals surface area contributed by atoms with Crippen molar-refractivity contribution in [2.45, 2.75) is 40.7 Å². The summed E-state index contributed by atoms with van der Waals surface area (Å²) in [6.07, 6.45) is 1.05. The topological polar surface area (TPSA) is 25.2 Å². The lowest BCUT2D eigenvalue weighted by atomic mass is 9.99. The van der Waals surface area contributed by atoms with Crippen molar-refractivity contribution in [1.29, 1.82) is 0 Å². The number of hydrogen-bond donors (Lipinski definition) is 1. The zero-order valence-corrected chi connectivity index (χ0v) is 13.7. The minimum absolute atomic E-state index is 0.619. The Balaban J connectivity index is 2.59. The van der Waals surface area contributed by atoms with Gasteiger partial charge >= 0.3 is 0 Å². The van der Waals surface area contributed by atoms with Gasteiger partial charge in [0.05, 0.1) is 6.54 Å². The second kappa shape index (κ2) is 6.10. The average Bonchev–Trinajstić information content (AvgIpc) is 2.71. The molecule has 0 aliphatic rings. The highest BCUT2D eigenvalue weighted by Crippen LogP contribution is 2.35. The molecule has 0 radical (unpaired) electrons. The molecule has 0 aliphatic carbocycles. The van der Waals surface area contributed by atoms with E-state index in [1.807, 2.05) is 0 Å². The predicted molar refractivity (Wildman–Crippen MR) is 84.6 cm³/mol. The van der Waals surface area contributed by atoms with Crippen molar-refractivity contribution in [2.24, 2.45) is 5.92 Å². The highest BCUT2D eigenvalue weighted by molar-refractivity contribution is 9.10. The summed E-state index contributed by atoms with van der Waals surface area (Å²) >= 11 is 3.67. The first-order chi connectivity index (χ1) is 9.04. The van der Waals surface area contributed by atoms with E-state index in [1.54, 1.807) is 0 Å². The number of benzene rings is 1. The largest absolute Gasteiger partial charge is 0.459 e. The number of rotatable bonds is 5. The van der Waals surface area contributed by atoms with Gasteiger partial charge in [0.1, 0.15) is 11.3 Å². The first-order valence-electron chi connectivity index (χ1n) is 6.94. The summed E-state index contributed by atoms with van der Waals surface area (Å²) in [4.78, 5) is 0. The van der Waals surface area contributed by atoms with Crippen LogP contribution in [0.4, 0.5) is 0 Å².